The Morgan fingerprint density at radius 3 is 2.39 bits per heavy atom. The van der Waals surface area contributed by atoms with Crippen molar-refractivity contribution >= 4 is 7.82 Å². The van der Waals surface area contributed by atoms with Gasteiger partial charge in [0.25, 0.3) is 5.56 Å². The van der Waals surface area contributed by atoms with Gasteiger partial charge in [-0.15, -0.1) is 0 Å². The summed E-state index contributed by atoms with van der Waals surface area (Å²) in [5.41, 5.74) is 3.17. The molecule has 1 saturated heterocycles. The lowest BCUT2D eigenvalue weighted by atomic mass is 10.1. The Balaban J connectivity index is 0.000000711. The van der Waals surface area contributed by atoms with Gasteiger partial charge in [0.15, 0.2) is 11.6 Å². The van der Waals surface area contributed by atoms with Crippen LogP contribution in [0.15, 0.2) is 66.0 Å². The fourth-order valence-corrected chi connectivity index (χ4v) is 3.91. The molecule has 4 aromatic rings. The molecular weight excluding hydrogens is 557 g/mol. The van der Waals surface area contributed by atoms with Crippen molar-refractivity contribution < 1.29 is 34.2 Å². The van der Waals surface area contributed by atoms with Gasteiger partial charge in [-0.25, -0.2) is 19.2 Å². The number of morpholine rings is 1. The molecule has 0 spiro atoms. The van der Waals surface area contributed by atoms with Gasteiger partial charge in [-0.1, -0.05) is 18.2 Å². The van der Waals surface area contributed by atoms with Gasteiger partial charge in [-0.05, 0) is 17.7 Å². The maximum atomic E-state index is 12.4. The second-order valence-corrected chi connectivity index (χ2v) is 9.90. The smallest absolute Gasteiger partial charge is 0.466 e. The number of aromatic nitrogens is 6. The summed E-state index contributed by atoms with van der Waals surface area (Å²) in [6, 6.07) is 11.0. The molecule has 1 aromatic carbocycles. The molecule has 15 nitrogen and oxygen atoms in total. The van der Waals surface area contributed by atoms with Crippen molar-refractivity contribution in [1.82, 2.24) is 34.4 Å². The van der Waals surface area contributed by atoms with Crippen LogP contribution in [0.2, 0.25) is 0 Å². The molecular formula is C25H32N7O8P. The Kier molecular flexibility index (Phi) is 11.4. The predicted molar refractivity (Wildman–Crippen MR) is 148 cm³/mol. The van der Waals surface area contributed by atoms with E-state index in [2.05, 4.69) is 25.1 Å². The second kappa shape index (κ2) is 14.7. The highest BCUT2D eigenvalue weighted by molar-refractivity contribution is 7.45. The minimum absolute atomic E-state index is 0. The molecule has 0 unspecified atom stereocenters. The maximum Gasteiger partial charge on any atom is 0.466 e. The summed E-state index contributed by atoms with van der Waals surface area (Å²) in [7, 11) is -2.79. The molecule has 5 N–H and O–H groups in total. The van der Waals surface area contributed by atoms with Gasteiger partial charge in [0.2, 0.25) is 0 Å². The molecule has 1 fully saturated rings. The lowest BCUT2D eigenvalue weighted by Crippen LogP contribution is -2.38. The number of phosphoric acid groups is 1. The van der Waals surface area contributed by atoms with E-state index in [0.29, 0.717) is 30.4 Å². The van der Waals surface area contributed by atoms with Crippen LogP contribution in [0, 0.1) is 0 Å². The molecule has 3 aromatic heterocycles. The van der Waals surface area contributed by atoms with Crippen LogP contribution in [-0.2, 0) is 22.9 Å². The summed E-state index contributed by atoms with van der Waals surface area (Å²) in [4.78, 5) is 45.2. The quantitative estimate of drug-likeness (QED) is 0.234. The van der Waals surface area contributed by atoms with Gasteiger partial charge in [0, 0.05) is 50.1 Å². The predicted octanol–water partition coefficient (Wildman–Crippen LogP) is 0.107. The normalized spacial score (nSPS) is 13.6. The summed E-state index contributed by atoms with van der Waals surface area (Å²) in [5.74, 6) is 1.23. The summed E-state index contributed by atoms with van der Waals surface area (Å²) in [6.45, 7) is 5.19. The van der Waals surface area contributed by atoms with Gasteiger partial charge in [0.05, 0.1) is 44.0 Å². The highest BCUT2D eigenvalue weighted by Crippen LogP contribution is 2.25. The highest BCUT2D eigenvalue weighted by Gasteiger charge is 2.11. The number of nitrogens with zero attached hydrogens (tertiary/aromatic N) is 7. The second-order valence-electron chi connectivity index (χ2n) is 8.88. The molecule has 1 aliphatic rings. The number of benzene rings is 1. The molecule has 0 atom stereocenters. The Morgan fingerprint density at radius 2 is 1.73 bits per heavy atom. The minimum Gasteiger partial charge on any atom is -0.489 e. The van der Waals surface area contributed by atoms with Crippen molar-refractivity contribution in [3.8, 4) is 28.4 Å². The van der Waals surface area contributed by atoms with Crippen molar-refractivity contribution in [1.29, 1.82) is 0 Å². The molecule has 1 aliphatic heterocycles. The molecule has 0 saturated carbocycles. The van der Waals surface area contributed by atoms with E-state index in [-0.39, 0.29) is 11.0 Å². The Labute approximate surface area is 235 Å². The fourth-order valence-electron chi connectivity index (χ4n) is 3.91. The first-order valence-electron chi connectivity index (χ1n) is 12.3. The average Bonchev–Trinajstić information content (AvgIpc) is 3.36. The van der Waals surface area contributed by atoms with Crippen molar-refractivity contribution in [2.75, 3.05) is 39.5 Å². The van der Waals surface area contributed by atoms with Crippen LogP contribution in [0.3, 0.4) is 0 Å². The van der Waals surface area contributed by atoms with Crippen molar-refractivity contribution in [2.45, 2.75) is 6.54 Å². The zero-order chi connectivity index (χ0) is 28.5. The Bertz CT molecular complexity index is 1490. The Hall–Kier alpha value is -3.82. The standard InChI is InChI=1S/C25H27N7O3.H3O4P.H2O/c1-30-18-21(14-28-30)23-5-6-24(33)32(29-23)17-19-3-2-4-20(13-19)25-26-15-22(16-27-25)35-12-9-31-7-10-34-11-8-31;1-5(2,3)4;/h2-6,13-16,18H,7-12,17H2,1H3;(H3,1,2,3,4);1H2. The van der Waals surface area contributed by atoms with E-state index in [1.54, 1.807) is 29.3 Å². The van der Waals surface area contributed by atoms with Crippen LogP contribution < -0.4 is 10.3 Å². The summed E-state index contributed by atoms with van der Waals surface area (Å²) < 4.78 is 23.2. The third-order valence-corrected chi connectivity index (χ3v) is 5.79. The molecule has 5 rings (SSSR count). The van der Waals surface area contributed by atoms with Gasteiger partial charge in [-0.2, -0.15) is 10.2 Å². The number of hydrogen-bond acceptors (Lipinski definition) is 9. The average molecular weight is 590 g/mol. The van der Waals surface area contributed by atoms with E-state index in [4.69, 9.17) is 28.7 Å². The molecule has 220 valence electrons. The van der Waals surface area contributed by atoms with E-state index >= 15 is 0 Å². The van der Waals surface area contributed by atoms with Crippen LogP contribution in [0.1, 0.15) is 5.56 Å². The first kappa shape index (κ1) is 31.7. The highest BCUT2D eigenvalue weighted by atomic mass is 31.2. The molecule has 0 radical (unpaired) electrons. The van der Waals surface area contributed by atoms with Gasteiger partial charge in [-0.3, -0.25) is 14.4 Å². The third kappa shape index (κ3) is 10.3. The first-order valence-corrected chi connectivity index (χ1v) is 13.9. The van der Waals surface area contributed by atoms with E-state index in [1.807, 2.05) is 37.5 Å². The summed E-state index contributed by atoms with van der Waals surface area (Å²) in [6.07, 6.45) is 6.98. The van der Waals surface area contributed by atoms with Crippen LogP contribution >= 0.6 is 7.82 Å². The lowest BCUT2D eigenvalue weighted by molar-refractivity contribution is 0.0322. The van der Waals surface area contributed by atoms with E-state index < -0.39 is 7.82 Å². The monoisotopic (exact) mass is 589 g/mol. The number of rotatable bonds is 8. The number of hydrogen-bond donors (Lipinski definition) is 3. The maximum absolute atomic E-state index is 12.4. The summed E-state index contributed by atoms with van der Waals surface area (Å²) in [5, 5.41) is 8.70. The Morgan fingerprint density at radius 1 is 1.02 bits per heavy atom. The fraction of sp³-hybridized carbons (Fsp3) is 0.320. The van der Waals surface area contributed by atoms with Crippen LogP contribution in [-0.4, -0.2) is 94.0 Å². The largest absolute Gasteiger partial charge is 0.489 e. The zero-order valence-corrected chi connectivity index (χ0v) is 23.2. The number of ether oxygens (including phenoxy) is 2. The van der Waals surface area contributed by atoms with E-state index in [1.165, 1.54) is 10.7 Å². The van der Waals surface area contributed by atoms with Crippen molar-refractivity contribution in [3.05, 3.63) is 77.1 Å². The van der Waals surface area contributed by atoms with Crippen LogP contribution in [0.25, 0.3) is 22.6 Å². The van der Waals surface area contributed by atoms with E-state index in [9.17, 15) is 4.79 Å². The first-order chi connectivity index (χ1) is 19.1. The van der Waals surface area contributed by atoms with Gasteiger partial charge >= 0.3 is 7.82 Å². The topological polar surface area (TPSA) is 209 Å². The SMILES string of the molecule is Cn1cc(-c2ccc(=O)n(Cc3cccc(-c4ncc(OCCN5CCOCC5)cn4)c3)n2)cn1.O.O=P(O)(O)O. The minimum atomic E-state index is -4.64. The van der Waals surface area contributed by atoms with Crippen LogP contribution in [0.5, 0.6) is 5.75 Å². The van der Waals surface area contributed by atoms with Crippen molar-refractivity contribution in [3.63, 3.8) is 0 Å². The van der Waals surface area contributed by atoms with E-state index in [0.717, 1.165) is 49.5 Å². The van der Waals surface area contributed by atoms with Crippen molar-refractivity contribution in [2.24, 2.45) is 7.05 Å². The molecule has 41 heavy (non-hydrogen) atoms. The molecule has 16 heteroatoms. The third-order valence-electron chi connectivity index (χ3n) is 5.79. The molecule has 0 aliphatic carbocycles. The molecule has 0 amide bonds. The molecule has 4 heterocycles. The van der Waals surface area contributed by atoms with Crippen LogP contribution in [0.4, 0.5) is 0 Å². The van der Waals surface area contributed by atoms with Gasteiger partial charge < -0.3 is 29.6 Å². The summed E-state index contributed by atoms with van der Waals surface area (Å²) >= 11 is 0. The van der Waals surface area contributed by atoms with Gasteiger partial charge in [0.1, 0.15) is 6.61 Å². The number of aryl methyl sites for hydroxylation is 1. The lowest BCUT2D eigenvalue weighted by Gasteiger charge is -2.26. The zero-order valence-electron chi connectivity index (χ0n) is 22.3. The molecule has 0 bridgehead atoms.